The van der Waals surface area contributed by atoms with E-state index >= 15 is 0 Å². The molecule has 3 rings (SSSR count). The van der Waals surface area contributed by atoms with Gasteiger partial charge >= 0.3 is 0 Å². The first-order chi connectivity index (χ1) is 17.3. The van der Waals surface area contributed by atoms with Gasteiger partial charge in [0.15, 0.2) is 0 Å². The molecule has 0 unspecified atom stereocenters. The van der Waals surface area contributed by atoms with Crippen molar-refractivity contribution in [3.8, 4) is 29.4 Å². The van der Waals surface area contributed by atoms with Gasteiger partial charge in [-0.15, -0.1) is 0 Å². The molecular weight excluding hydrogens is 424 g/mol. The van der Waals surface area contributed by atoms with Crippen molar-refractivity contribution in [1.82, 2.24) is 0 Å². The Morgan fingerprint density at radius 3 is 1.34 bits per heavy atom. The second-order valence-electron chi connectivity index (χ2n) is 9.00. The summed E-state index contributed by atoms with van der Waals surface area (Å²) >= 11 is 0. The Morgan fingerprint density at radius 2 is 0.857 bits per heavy atom. The van der Waals surface area contributed by atoms with E-state index in [0.717, 1.165) is 41.0 Å². The SMILES string of the molecule is CCCCCCCCCCCCOc1ccc(C#Cc2ccc(C#Cc3ccccc3)cc2)cc1. The quantitative estimate of drug-likeness (QED) is 0.193. The summed E-state index contributed by atoms with van der Waals surface area (Å²) in [7, 11) is 0. The molecule has 0 heterocycles. The van der Waals surface area contributed by atoms with E-state index in [2.05, 4.69) is 30.6 Å². The van der Waals surface area contributed by atoms with Crippen LogP contribution in [-0.4, -0.2) is 6.61 Å². The van der Waals surface area contributed by atoms with Crippen molar-refractivity contribution in [2.45, 2.75) is 71.1 Å². The number of ether oxygens (including phenoxy) is 1. The summed E-state index contributed by atoms with van der Waals surface area (Å²) in [4.78, 5) is 0. The molecule has 0 saturated heterocycles. The summed E-state index contributed by atoms with van der Waals surface area (Å²) in [6.07, 6.45) is 13.4. The maximum atomic E-state index is 5.90. The second-order valence-corrected chi connectivity index (χ2v) is 9.00. The Balaban J connectivity index is 1.33. The van der Waals surface area contributed by atoms with Gasteiger partial charge in [0.1, 0.15) is 5.75 Å². The summed E-state index contributed by atoms with van der Waals surface area (Å²) in [6.45, 7) is 3.07. The van der Waals surface area contributed by atoms with Crippen LogP contribution in [0.5, 0.6) is 5.75 Å². The summed E-state index contributed by atoms with van der Waals surface area (Å²) in [5.74, 6) is 13.8. The summed E-state index contributed by atoms with van der Waals surface area (Å²) < 4.78 is 5.90. The van der Waals surface area contributed by atoms with Gasteiger partial charge < -0.3 is 4.74 Å². The molecule has 0 saturated carbocycles. The molecule has 0 spiro atoms. The highest BCUT2D eigenvalue weighted by molar-refractivity contribution is 5.48. The maximum Gasteiger partial charge on any atom is 0.119 e. The van der Waals surface area contributed by atoms with Crippen LogP contribution >= 0.6 is 0 Å². The summed E-state index contributed by atoms with van der Waals surface area (Å²) in [5.41, 5.74) is 3.98. The third-order valence-corrected chi connectivity index (χ3v) is 5.98. The molecule has 0 bridgehead atoms. The standard InChI is InChI=1S/C34H38O/c1-2-3-4-5-6-7-8-9-10-14-29-35-34-27-25-33(26-28-34)24-23-32-21-19-31(20-22-32)18-17-30-15-12-11-13-16-30/h11-13,15-16,19-22,25-28H,2-10,14,29H2,1H3. The molecule has 0 atom stereocenters. The van der Waals surface area contributed by atoms with Crippen molar-refractivity contribution in [3.05, 3.63) is 101 Å². The molecule has 0 aliphatic carbocycles. The lowest BCUT2D eigenvalue weighted by atomic mass is 10.1. The topological polar surface area (TPSA) is 9.23 Å². The van der Waals surface area contributed by atoms with E-state index < -0.39 is 0 Å². The molecule has 0 aliphatic heterocycles. The molecule has 0 N–H and O–H groups in total. The van der Waals surface area contributed by atoms with Crippen molar-refractivity contribution >= 4 is 0 Å². The van der Waals surface area contributed by atoms with Crippen molar-refractivity contribution < 1.29 is 4.74 Å². The molecule has 0 aromatic heterocycles. The number of hydrogen-bond donors (Lipinski definition) is 0. The van der Waals surface area contributed by atoms with Crippen LogP contribution in [0.3, 0.4) is 0 Å². The molecule has 1 nitrogen and oxygen atoms in total. The maximum absolute atomic E-state index is 5.90. The van der Waals surface area contributed by atoms with Crippen molar-refractivity contribution in [2.24, 2.45) is 0 Å². The third-order valence-electron chi connectivity index (χ3n) is 5.98. The van der Waals surface area contributed by atoms with Gasteiger partial charge in [-0.05, 0) is 67.1 Å². The van der Waals surface area contributed by atoms with Gasteiger partial charge in [-0.1, -0.05) is 107 Å². The largest absolute Gasteiger partial charge is 0.494 e. The minimum atomic E-state index is 0.793. The summed E-state index contributed by atoms with van der Waals surface area (Å²) in [5, 5.41) is 0. The normalized spacial score (nSPS) is 10.1. The van der Waals surface area contributed by atoms with Crippen LogP contribution in [0.4, 0.5) is 0 Å². The molecule has 35 heavy (non-hydrogen) atoms. The van der Waals surface area contributed by atoms with E-state index in [1.54, 1.807) is 0 Å². The zero-order valence-electron chi connectivity index (χ0n) is 21.2. The van der Waals surface area contributed by atoms with Crippen LogP contribution in [0.25, 0.3) is 0 Å². The lowest BCUT2D eigenvalue weighted by Gasteiger charge is -2.06. The van der Waals surface area contributed by atoms with Crippen LogP contribution in [0.1, 0.15) is 93.4 Å². The number of benzene rings is 3. The van der Waals surface area contributed by atoms with Gasteiger partial charge in [-0.25, -0.2) is 0 Å². The Bertz CT molecular complexity index is 1090. The molecule has 3 aromatic rings. The molecule has 180 valence electrons. The van der Waals surface area contributed by atoms with E-state index in [9.17, 15) is 0 Å². The van der Waals surface area contributed by atoms with Crippen molar-refractivity contribution in [2.75, 3.05) is 6.61 Å². The molecule has 0 amide bonds. The van der Waals surface area contributed by atoms with E-state index in [1.165, 1.54) is 57.8 Å². The average Bonchev–Trinajstić information content (AvgIpc) is 2.91. The second kappa shape index (κ2) is 16.2. The lowest BCUT2D eigenvalue weighted by Crippen LogP contribution is -1.97. The fraction of sp³-hybridized carbons (Fsp3) is 0.353. The van der Waals surface area contributed by atoms with Gasteiger partial charge in [-0.2, -0.15) is 0 Å². The van der Waals surface area contributed by atoms with Gasteiger partial charge in [0.05, 0.1) is 6.61 Å². The predicted octanol–water partition coefficient (Wildman–Crippen LogP) is 8.79. The molecule has 0 aliphatic rings. The minimum Gasteiger partial charge on any atom is -0.494 e. The van der Waals surface area contributed by atoms with Gasteiger partial charge in [0.2, 0.25) is 0 Å². The van der Waals surface area contributed by atoms with Crippen LogP contribution in [0.2, 0.25) is 0 Å². The lowest BCUT2D eigenvalue weighted by molar-refractivity contribution is 0.304. The fourth-order valence-electron chi connectivity index (χ4n) is 3.86. The van der Waals surface area contributed by atoms with Gasteiger partial charge in [-0.3, -0.25) is 0 Å². The monoisotopic (exact) mass is 462 g/mol. The smallest absolute Gasteiger partial charge is 0.119 e. The average molecular weight is 463 g/mol. The number of rotatable bonds is 12. The van der Waals surface area contributed by atoms with Crippen LogP contribution in [-0.2, 0) is 0 Å². The molecule has 3 aromatic carbocycles. The van der Waals surface area contributed by atoms with E-state index in [4.69, 9.17) is 4.74 Å². The Labute approximate surface area is 212 Å². The van der Waals surface area contributed by atoms with E-state index in [0.29, 0.717) is 0 Å². The first-order valence-corrected chi connectivity index (χ1v) is 13.3. The van der Waals surface area contributed by atoms with Crippen LogP contribution in [0.15, 0.2) is 78.9 Å². The predicted molar refractivity (Wildman–Crippen MR) is 149 cm³/mol. The first-order valence-electron chi connectivity index (χ1n) is 13.3. The van der Waals surface area contributed by atoms with Crippen LogP contribution < -0.4 is 4.74 Å². The molecular formula is C34H38O. The highest BCUT2D eigenvalue weighted by Crippen LogP contribution is 2.14. The number of unbranched alkanes of at least 4 members (excludes halogenated alkanes) is 9. The molecule has 1 heteroatoms. The van der Waals surface area contributed by atoms with Gasteiger partial charge in [0, 0.05) is 22.3 Å². The first kappa shape index (κ1) is 26.2. The van der Waals surface area contributed by atoms with Crippen molar-refractivity contribution in [1.29, 1.82) is 0 Å². The highest BCUT2D eigenvalue weighted by atomic mass is 16.5. The minimum absolute atomic E-state index is 0.793. The molecule has 0 fully saturated rings. The van der Waals surface area contributed by atoms with Gasteiger partial charge in [0.25, 0.3) is 0 Å². The van der Waals surface area contributed by atoms with E-state index in [1.807, 2.05) is 78.9 Å². The zero-order valence-corrected chi connectivity index (χ0v) is 21.2. The third kappa shape index (κ3) is 11.0. The Kier molecular flexibility index (Phi) is 12.2. The fourth-order valence-corrected chi connectivity index (χ4v) is 3.86. The van der Waals surface area contributed by atoms with Crippen LogP contribution in [0, 0.1) is 23.7 Å². The summed E-state index contributed by atoms with van der Waals surface area (Å²) in [6, 6.07) is 26.2. The van der Waals surface area contributed by atoms with Crippen molar-refractivity contribution in [3.63, 3.8) is 0 Å². The Morgan fingerprint density at radius 1 is 0.457 bits per heavy atom. The van der Waals surface area contributed by atoms with E-state index in [-0.39, 0.29) is 0 Å². The molecule has 0 radical (unpaired) electrons. The number of hydrogen-bond acceptors (Lipinski definition) is 1. The Hall–Kier alpha value is -3.42. The highest BCUT2D eigenvalue weighted by Gasteiger charge is 1.96. The zero-order chi connectivity index (χ0) is 24.4.